The fraction of sp³-hybridized carbons (Fsp3) is 0.0625. The smallest absolute Gasteiger partial charge is 0.200 e. The van der Waals surface area contributed by atoms with Gasteiger partial charge in [0, 0.05) is 0 Å². The number of hydrogen-bond acceptors (Lipinski definition) is 3. The highest BCUT2D eigenvalue weighted by molar-refractivity contribution is 6.12. The van der Waals surface area contributed by atoms with Crippen molar-refractivity contribution in [1.29, 1.82) is 0 Å². The summed E-state index contributed by atoms with van der Waals surface area (Å²) in [6, 6.07) is 11.1. The van der Waals surface area contributed by atoms with Gasteiger partial charge in [-0.25, -0.2) is 0 Å². The van der Waals surface area contributed by atoms with Crippen molar-refractivity contribution in [3.8, 4) is 11.5 Å². The second kappa shape index (κ2) is 5.40. The van der Waals surface area contributed by atoms with Gasteiger partial charge in [0.2, 0.25) is 0 Å². The van der Waals surface area contributed by atoms with E-state index < -0.39 is 5.78 Å². The summed E-state index contributed by atoms with van der Waals surface area (Å²) in [6.45, 7) is 3.62. The SMILES string of the molecule is C=CCc1ccc(C(=O)c2ccccc2O)c(O)c1. The molecule has 0 saturated carbocycles. The number of ketones is 1. The summed E-state index contributed by atoms with van der Waals surface area (Å²) in [5.74, 6) is -0.588. The van der Waals surface area contributed by atoms with Crippen LogP contribution in [0.1, 0.15) is 21.5 Å². The first-order valence-electron chi connectivity index (χ1n) is 5.89. The molecule has 3 nitrogen and oxygen atoms in total. The first-order valence-corrected chi connectivity index (χ1v) is 5.89. The van der Waals surface area contributed by atoms with Gasteiger partial charge in [0.15, 0.2) is 5.78 Å². The number of benzene rings is 2. The van der Waals surface area contributed by atoms with Crippen LogP contribution in [0.3, 0.4) is 0 Å². The molecule has 0 unspecified atom stereocenters. The van der Waals surface area contributed by atoms with Crippen LogP contribution in [0.5, 0.6) is 11.5 Å². The number of allylic oxidation sites excluding steroid dienone is 1. The number of phenolic OH excluding ortho intramolecular Hbond substituents is 2. The Morgan fingerprint density at radius 2 is 1.74 bits per heavy atom. The van der Waals surface area contributed by atoms with Crippen LogP contribution >= 0.6 is 0 Å². The van der Waals surface area contributed by atoms with E-state index in [1.54, 1.807) is 30.3 Å². The van der Waals surface area contributed by atoms with Crippen LogP contribution in [0.2, 0.25) is 0 Å². The molecule has 0 heterocycles. The molecule has 0 atom stereocenters. The highest BCUT2D eigenvalue weighted by Gasteiger charge is 2.16. The average Bonchev–Trinajstić information content (AvgIpc) is 2.39. The normalized spacial score (nSPS) is 10.1. The lowest BCUT2D eigenvalue weighted by molar-refractivity contribution is 0.103. The van der Waals surface area contributed by atoms with Gasteiger partial charge >= 0.3 is 0 Å². The Kier molecular flexibility index (Phi) is 3.66. The Bertz CT molecular complexity index is 630. The molecule has 0 aliphatic heterocycles. The van der Waals surface area contributed by atoms with E-state index in [-0.39, 0.29) is 22.6 Å². The average molecular weight is 254 g/mol. The van der Waals surface area contributed by atoms with Crippen LogP contribution in [-0.2, 0) is 6.42 Å². The summed E-state index contributed by atoms with van der Waals surface area (Å²) >= 11 is 0. The zero-order valence-corrected chi connectivity index (χ0v) is 10.3. The minimum Gasteiger partial charge on any atom is -0.507 e. The van der Waals surface area contributed by atoms with Crippen molar-refractivity contribution in [2.75, 3.05) is 0 Å². The van der Waals surface area contributed by atoms with E-state index in [1.165, 1.54) is 18.2 Å². The van der Waals surface area contributed by atoms with Crippen LogP contribution in [0.25, 0.3) is 0 Å². The van der Waals surface area contributed by atoms with Crippen LogP contribution in [0, 0.1) is 0 Å². The Morgan fingerprint density at radius 3 is 2.37 bits per heavy atom. The van der Waals surface area contributed by atoms with Crippen LogP contribution in [0.4, 0.5) is 0 Å². The Morgan fingerprint density at radius 1 is 1.05 bits per heavy atom. The zero-order valence-electron chi connectivity index (χ0n) is 10.3. The number of carbonyl (C=O) groups is 1. The number of rotatable bonds is 4. The maximum Gasteiger partial charge on any atom is 0.200 e. The van der Waals surface area contributed by atoms with Crippen molar-refractivity contribution >= 4 is 5.78 Å². The standard InChI is InChI=1S/C16H14O3/c1-2-5-11-8-9-13(15(18)10-11)16(19)12-6-3-4-7-14(12)17/h2-4,6-10,17-18H,1,5H2. The number of aromatic hydroxyl groups is 2. The Labute approximate surface area is 111 Å². The van der Waals surface area contributed by atoms with Gasteiger partial charge in [-0.2, -0.15) is 0 Å². The highest BCUT2D eigenvalue weighted by Crippen LogP contribution is 2.26. The third kappa shape index (κ3) is 2.65. The molecule has 0 amide bonds. The van der Waals surface area contributed by atoms with E-state index in [9.17, 15) is 15.0 Å². The minimum atomic E-state index is -0.402. The Balaban J connectivity index is 2.40. The summed E-state index contributed by atoms with van der Waals surface area (Å²) in [4.78, 5) is 12.2. The van der Waals surface area contributed by atoms with Gasteiger partial charge in [-0.05, 0) is 36.2 Å². The lowest BCUT2D eigenvalue weighted by Gasteiger charge is -2.07. The summed E-state index contributed by atoms with van der Waals surface area (Å²) in [5, 5.41) is 19.6. The Hall–Kier alpha value is -2.55. The van der Waals surface area contributed by atoms with Gasteiger partial charge < -0.3 is 10.2 Å². The van der Waals surface area contributed by atoms with Crippen LogP contribution in [0.15, 0.2) is 55.1 Å². The monoisotopic (exact) mass is 254 g/mol. The van der Waals surface area contributed by atoms with E-state index in [0.29, 0.717) is 6.42 Å². The number of phenols is 2. The van der Waals surface area contributed by atoms with Crippen LogP contribution < -0.4 is 0 Å². The fourth-order valence-electron chi connectivity index (χ4n) is 1.87. The van der Waals surface area contributed by atoms with E-state index in [0.717, 1.165) is 5.56 Å². The van der Waals surface area contributed by atoms with E-state index in [4.69, 9.17) is 0 Å². The van der Waals surface area contributed by atoms with E-state index in [1.807, 2.05) is 0 Å². The van der Waals surface area contributed by atoms with Gasteiger partial charge in [-0.1, -0.05) is 24.3 Å². The summed E-state index contributed by atoms with van der Waals surface area (Å²) in [6.07, 6.45) is 2.35. The molecule has 0 saturated heterocycles. The maximum atomic E-state index is 12.2. The summed E-state index contributed by atoms with van der Waals surface area (Å²) < 4.78 is 0. The summed E-state index contributed by atoms with van der Waals surface area (Å²) in [5.41, 5.74) is 1.23. The largest absolute Gasteiger partial charge is 0.507 e. The van der Waals surface area contributed by atoms with Gasteiger partial charge in [0.05, 0.1) is 11.1 Å². The summed E-state index contributed by atoms with van der Waals surface area (Å²) in [7, 11) is 0. The van der Waals surface area contributed by atoms with Crippen LogP contribution in [-0.4, -0.2) is 16.0 Å². The quantitative estimate of drug-likeness (QED) is 0.651. The van der Waals surface area contributed by atoms with Crippen molar-refractivity contribution in [2.45, 2.75) is 6.42 Å². The first-order chi connectivity index (χ1) is 9.13. The molecule has 0 spiro atoms. The van der Waals surface area contributed by atoms with Gasteiger partial charge in [0.25, 0.3) is 0 Å². The molecule has 2 N–H and O–H groups in total. The molecule has 0 radical (unpaired) electrons. The maximum absolute atomic E-state index is 12.2. The molecule has 0 aliphatic carbocycles. The fourth-order valence-corrected chi connectivity index (χ4v) is 1.87. The zero-order chi connectivity index (χ0) is 13.8. The van der Waals surface area contributed by atoms with Crippen molar-refractivity contribution < 1.29 is 15.0 Å². The van der Waals surface area contributed by atoms with Crippen molar-refractivity contribution in [3.05, 3.63) is 71.8 Å². The van der Waals surface area contributed by atoms with Crippen molar-refractivity contribution in [2.24, 2.45) is 0 Å². The molecular formula is C16H14O3. The second-order valence-corrected chi connectivity index (χ2v) is 4.19. The molecule has 0 aromatic heterocycles. The molecule has 0 bridgehead atoms. The van der Waals surface area contributed by atoms with Crippen molar-refractivity contribution in [1.82, 2.24) is 0 Å². The number of para-hydroxylation sites is 1. The number of carbonyl (C=O) groups excluding carboxylic acids is 1. The predicted octanol–water partition coefficient (Wildman–Crippen LogP) is 3.06. The third-order valence-corrected chi connectivity index (χ3v) is 2.84. The minimum absolute atomic E-state index is 0.0902. The predicted molar refractivity (Wildman–Crippen MR) is 73.5 cm³/mol. The van der Waals surface area contributed by atoms with E-state index >= 15 is 0 Å². The molecule has 2 aromatic carbocycles. The molecular weight excluding hydrogens is 240 g/mol. The van der Waals surface area contributed by atoms with Gasteiger partial charge in [-0.15, -0.1) is 6.58 Å². The first kappa shape index (κ1) is 12.9. The van der Waals surface area contributed by atoms with Gasteiger partial charge in [0.1, 0.15) is 11.5 Å². The molecule has 0 fully saturated rings. The molecule has 0 aliphatic rings. The lowest BCUT2D eigenvalue weighted by atomic mass is 9.99. The van der Waals surface area contributed by atoms with Gasteiger partial charge in [-0.3, -0.25) is 4.79 Å². The topological polar surface area (TPSA) is 57.5 Å². The highest BCUT2D eigenvalue weighted by atomic mass is 16.3. The van der Waals surface area contributed by atoms with E-state index in [2.05, 4.69) is 6.58 Å². The molecule has 2 rings (SSSR count). The van der Waals surface area contributed by atoms with Crippen molar-refractivity contribution in [3.63, 3.8) is 0 Å². The second-order valence-electron chi connectivity index (χ2n) is 4.19. The lowest BCUT2D eigenvalue weighted by Crippen LogP contribution is -2.02. The third-order valence-electron chi connectivity index (χ3n) is 2.84. The molecule has 3 heteroatoms. The molecule has 96 valence electrons. The number of hydrogen-bond donors (Lipinski definition) is 2. The molecule has 19 heavy (non-hydrogen) atoms. The molecule has 2 aromatic rings.